The molecule has 3 rings (SSSR count). The van der Waals surface area contributed by atoms with Crippen LogP contribution in [0.4, 0.5) is 0 Å². The maximum Gasteiger partial charge on any atom is 0.245 e. The summed E-state index contributed by atoms with van der Waals surface area (Å²) in [5.74, 6) is 1.64. The lowest BCUT2D eigenvalue weighted by molar-refractivity contribution is -0.143. The average Bonchev–Trinajstić information content (AvgIpc) is 3.15. The van der Waals surface area contributed by atoms with Crippen molar-refractivity contribution in [1.82, 2.24) is 19.9 Å². The number of carbonyl (C=O) groups is 2. The molecule has 1 atom stereocenters. The highest BCUT2D eigenvalue weighted by atomic mass is 16.5. The molecule has 0 saturated carbocycles. The molecule has 1 aromatic rings. The highest BCUT2D eigenvalue weighted by Gasteiger charge is 2.37. The van der Waals surface area contributed by atoms with Crippen LogP contribution in [0.1, 0.15) is 50.2 Å². The smallest absolute Gasteiger partial charge is 0.245 e. The number of nitrogens with zero attached hydrogens (tertiary/aromatic N) is 4. The van der Waals surface area contributed by atoms with Crippen LogP contribution in [-0.2, 0) is 9.59 Å². The molecule has 0 aliphatic carbocycles. The summed E-state index contributed by atoms with van der Waals surface area (Å²) in [5.41, 5.74) is 0. The fraction of sp³-hybridized carbons (Fsp3) is 0.733. The van der Waals surface area contributed by atoms with Gasteiger partial charge in [-0.2, -0.15) is 4.98 Å². The predicted molar refractivity (Wildman–Crippen MR) is 78.0 cm³/mol. The highest BCUT2D eigenvalue weighted by Crippen LogP contribution is 2.28. The van der Waals surface area contributed by atoms with Crippen LogP contribution < -0.4 is 0 Å². The van der Waals surface area contributed by atoms with Crippen LogP contribution in [0.25, 0.3) is 0 Å². The number of rotatable bonds is 2. The first kappa shape index (κ1) is 15.0. The molecule has 2 aliphatic rings. The Morgan fingerprint density at radius 2 is 1.91 bits per heavy atom. The van der Waals surface area contributed by atoms with Crippen LogP contribution in [0.15, 0.2) is 4.52 Å². The van der Waals surface area contributed by atoms with Crippen molar-refractivity contribution in [3.8, 4) is 0 Å². The van der Waals surface area contributed by atoms with E-state index in [1.807, 2.05) is 11.8 Å². The SMILES string of the molecule is CC(=O)N1CCC[C@H]1C(=O)N1CCC(c2nc(C)no2)CC1. The summed E-state index contributed by atoms with van der Waals surface area (Å²) in [6, 6.07) is -0.264. The molecule has 2 amide bonds. The molecule has 2 saturated heterocycles. The Labute approximate surface area is 129 Å². The molecular weight excluding hydrogens is 284 g/mol. The van der Waals surface area contributed by atoms with Gasteiger partial charge in [0.15, 0.2) is 5.82 Å². The van der Waals surface area contributed by atoms with Gasteiger partial charge in [-0.1, -0.05) is 5.16 Å². The number of aromatic nitrogens is 2. The van der Waals surface area contributed by atoms with Gasteiger partial charge < -0.3 is 14.3 Å². The molecule has 0 spiro atoms. The minimum Gasteiger partial charge on any atom is -0.341 e. The molecular formula is C15H22N4O3. The summed E-state index contributed by atoms with van der Waals surface area (Å²) in [7, 11) is 0. The van der Waals surface area contributed by atoms with E-state index in [1.165, 1.54) is 6.92 Å². The van der Waals surface area contributed by atoms with Crippen molar-refractivity contribution in [2.24, 2.45) is 0 Å². The maximum atomic E-state index is 12.6. The van der Waals surface area contributed by atoms with Crippen LogP contribution in [-0.4, -0.2) is 57.4 Å². The minimum absolute atomic E-state index is 0.00734. The first-order valence-electron chi connectivity index (χ1n) is 7.92. The third-order valence-corrected chi connectivity index (χ3v) is 4.64. The van der Waals surface area contributed by atoms with Gasteiger partial charge >= 0.3 is 0 Å². The minimum atomic E-state index is -0.264. The first-order chi connectivity index (χ1) is 10.6. The van der Waals surface area contributed by atoms with E-state index in [-0.39, 0.29) is 23.8 Å². The van der Waals surface area contributed by atoms with E-state index in [9.17, 15) is 9.59 Å². The second-order valence-corrected chi connectivity index (χ2v) is 6.15. The summed E-state index contributed by atoms with van der Waals surface area (Å²) in [6.45, 7) is 5.42. The summed E-state index contributed by atoms with van der Waals surface area (Å²) in [5, 5.41) is 3.83. The van der Waals surface area contributed by atoms with Gasteiger partial charge in [-0.15, -0.1) is 0 Å². The molecule has 22 heavy (non-hydrogen) atoms. The summed E-state index contributed by atoms with van der Waals surface area (Å²) in [6.07, 6.45) is 3.36. The van der Waals surface area contributed by atoms with Crippen molar-refractivity contribution in [1.29, 1.82) is 0 Å². The van der Waals surface area contributed by atoms with E-state index < -0.39 is 0 Å². The van der Waals surface area contributed by atoms with Gasteiger partial charge in [-0.25, -0.2) is 0 Å². The largest absolute Gasteiger partial charge is 0.341 e. The molecule has 1 aromatic heterocycles. The third-order valence-electron chi connectivity index (χ3n) is 4.64. The lowest BCUT2D eigenvalue weighted by Crippen LogP contribution is -2.49. The third kappa shape index (κ3) is 2.84. The number of amides is 2. The zero-order chi connectivity index (χ0) is 15.7. The topological polar surface area (TPSA) is 79.5 Å². The van der Waals surface area contributed by atoms with Crippen LogP contribution >= 0.6 is 0 Å². The average molecular weight is 306 g/mol. The first-order valence-corrected chi connectivity index (χ1v) is 7.92. The van der Waals surface area contributed by atoms with Crippen LogP contribution in [0.2, 0.25) is 0 Å². The van der Waals surface area contributed by atoms with Gasteiger partial charge in [0.05, 0.1) is 0 Å². The quantitative estimate of drug-likeness (QED) is 0.817. The molecule has 7 heteroatoms. The van der Waals surface area contributed by atoms with Crippen LogP contribution in [0.5, 0.6) is 0 Å². The summed E-state index contributed by atoms with van der Waals surface area (Å²) < 4.78 is 5.23. The Morgan fingerprint density at radius 3 is 2.50 bits per heavy atom. The number of piperidine rings is 1. The van der Waals surface area contributed by atoms with E-state index in [0.29, 0.717) is 31.3 Å². The van der Waals surface area contributed by atoms with Crippen molar-refractivity contribution in [3.63, 3.8) is 0 Å². The zero-order valence-corrected chi connectivity index (χ0v) is 13.1. The Hall–Kier alpha value is -1.92. The van der Waals surface area contributed by atoms with Crippen molar-refractivity contribution in [2.45, 2.75) is 51.5 Å². The second-order valence-electron chi connectivity index (χ2n) is 6.15. The van der Waals surface area contributed by atoms with Gasteiger partial charge in [0, 0.05) is 32.5 Å². The van der Waals surface area contributed by atoms with Gasteiger partial charge in [-0.05, 0) is 32.6 Å². The molecule has 0 aromatic carbocycles. The number of carbonyl (C=O) groups excluding carboxylic acids is 2. The van der Waals surface area contributed by atoms with Crippen molar-refractivity contribution in [3.05, 3.63) is 11.7 Å². The van der Waals surface area contributed by atoms with Gasteiger partial charge in [-0.3, -0.25) is 9.59 Å². The Kier molecular flexibility index (Phi) is 4.13. The van der Waals surface area contributed by atoms with Crippen molar-refractivity contribution >= 4 is 11.8 Å². The van der Waals surface area contributed by atoms with E-state index in [1.54, 1.807) is 4.90 Å². The van der Waals surface area contributed by atoms with Crippen LogP contribution in [0.3, 0.4) is 0 Å². The normalized spacial score (nSPS) is 23.1. The second kappa shape index (κ2) is 6.06. The lowest BCUT2D eigenvalue weighted by atomic mass is 9.96. The molecule has 2 aliphatic heterocycles. The Bertz CT molecular complexity index is 563. The summed E-state index contributed by atoms with van der Waals surface area (Å²) in [4.78, 5) is 32.1. The standard InChI is InChI=1S/C15H22N4O3/c1-10-16-14(22-17-10)12-5-8-18(9-6-12)15(21)13-4-3-7-19(13)11(2)20/h12-13H,3-9H2,1-2H3/t13-/m0/s1. The lowest BCUT2D eigenvalue weighted by Gasteiger charge is -2.34. The highest BCUT2D eigenvalue weighted by molar-refractivity contribution is 5.87. The molecule has 0 radical (unpaired) electrons. The fourth-order valence-electron chi connectivity index (χ4n) is 3.44. The van der Waals surface area contributed by atoms with E-state index in [2.05, 4.69) is 10.1 Å². The Balaban J connectivity index is 1.59. The molecule has 3 heterocycles. The number of likely N-dealkylation sites (tertiary alicyclic amines) is 2. The number of hydrogen-bond donors (Lipinski definition) is 0. The number of hydrogen-bond acceptors (Lipinski definition) is 5. The van der Waals surface area contributed by atoms with Gasteiger partial charge in [0.1, 0.15) is 6.04 Å². The predicted octanol–water partition coefficient (Wildman–Crippen LogP) is 1.09. The van der Waals surface area contributed by atoms with Gasteiger partial charge in [0.25, 0.3) is 0 Å². The molecule has 0 N–H and O–H groups in total. The molecule has 0 unspecified atom stereocenters. The maximum absolute atomic E-state index is 12.6. The van der Waals surface area contributed by atoms with E-state index >= 15 is 0 Å². The number of aryl methyl sites for hydroxylation is 1. The molecule has 120 valence electrons. The summed E-state index contributed by atoms with van der Waals surface area (Å²) >= 11 is 0. The van der Waals surface area contributed by atoms with E-state index in [0.717, 1.165) is 25.7 Å². The van der Waals surface area contributed by atoms with Crippen molar-refractivity contribution < 1.29 is 14.1 Å². The molecule has 2 fully saturated rings. The fourth-order valence-corrected chi connectivity index (χ4v) is 3.44. The molecule has 0 bridgehead atoms. The van der Waals surface area contributed by atoms with Crippen molar-refractivity contribution in [2.75, 3.05) is 19.6 Å². The van der Waals surface area contributed by atoms with Gasteiger partial charge in [0.2, 0.25) is 17.7 Å². The van der Waals surface area contributed by atoms with E-state index in [4.69, 9.17) is 4.52 Å². The van der Waals surface area contributed by atoms with Crippen LogP contribution in [0, 0.1) is 6.92 Å². The molecule has 7 nitrogen and oxygen atoms in total. The monoisotopic (exact) mass is 306 g/mol. The Morgan fingerprint density at radius 1 is 1.18 bits per heavy atom. The zero-order valence-electron chi connectivity index (χ0n) is 13.1.